The van der Waals surface area contributed by atoms with Crippen LogP contribution in [0.5, 0.6) is 0 Å². The minimum atomic E-state index is -0.465. The molecule has 0 fully saturated rings. The number of carbonyl (C=O) groups is 1. The first-order valence-corrected chi connectivity index (χ1v) is 6.90. The van der Waals surface area contributed by atoms with Crippen LogP contribution in [0.3, 0.4) is 0 Å². The predicted molar refractivity (Wildman–Crippen MR) is 86.5 cm³/mol. The number of nitrogen functional groups attached to an aromatic ring is 1. The Morgan fingerprint density at radius 2 is 2.32 bits per heavy atom. The van der Waals surface area contributed by atoms with Crippen LogP contribution >= 0.6 is 0 Å². The number of ether oxygens (including phenoxy) is 1. The van der Waals surface area contributed by atoms with Crippen molar-refractivity contribution < 1.29 is 9.53 Å². The summed E-state index contributed by atoms with van der Waals surface area (Å²) < 4.78 is 5.01. The number of hydrogen-bond donors (Lipinski definition) is 2. The molecule has 0 saturated heterocycles. The zero-order valence-electron chi connectivity index (χ0n) is 12.4. The van der Waals surface area contributed by atoms with Crippen LogP contribution in [0.25, 0.3) is 11.4 Å². The number of hydrogen-bond acceptors (Lipinski definition) is 6. The van der Waals surface area contributed by atoms with Gasteiger partial charge in [-0.15, -0.1) is 6.58 Å². The largest absolute Gasteiger partial charge is 0.462 e. The van der Waals surface area contributed by atoms with E-state index in [1.807, 2.05) is 12.1 Å². The standard InChI is InChI=1S/C16H18N4O2/c1-3-8-18-15-13(16(21)22-4-2)10-19-14(20-15)11-6-5-7-12(17)9-11/h3,5-7,9-10H,1,4,8,17H2,2H3,(H,18,19,20). The number of anilines is 2. The van der Waals surface area contributed by atoms with Crippen LogP contribution < -0.4 is 11.1 Å². The van der Waals surface area contributed by atoms with E-state index in [9.17, 15) is 4.79 Å². The van der Waals surface area contributed by atoms with Crippen molar-refractivity contribution in [2.75, 3.05) is 24.2 Å². The molecule has 0 aliphatic carbocycles. The van der Waals surface area contributed by atoms with Gasteiger partial charge in [-0.05, 0) is 19.1 Å². The average molecular weight is 298 g/mol. The van der Waals surface area contributed by atoms with Crippen LogP contribution in [0.4, 0.5) is 11.5 Å². The first-order valence-electron chi connectivity index (χ1n) is 6.90. The molecule has 2 rings (SSSR count). The second kappa shape index (κ2) is 7.21. The molecule has 0 spiro atoms. The summed E-state index contributed by atoms with van der Waals surface area (Å²) in [6.45, 7) is 6.15. The van der Waals surface area contributed by atoms with Crippen molar-refractivity contribution in [3.63, 3.8) is 0 Å². The molecule has 0 amide bonds. The zero-order valence-corrected chi connectivity index (χ0v) is 12.4. The van der Waals surface area contributed by atoms with Crippen LogP contribution in [0.15, 0.2) is 43.1 Å². The van der Waals surface area contributed by atoms with Gasteiger partial charge in [-0.2, -0.15) is 0 Å². The molecule has 22 heavy (non-hydrogen) atoms. The second-order valence-electron chi connectivity index (χ2n) is 4.47. The summed E-state index contributed by atoms with van der Waals surface area (Å²) in [6.07, 6.45) is 3.13. The molecule has 6 nitrogen and oxygen atoms in total. The van der Waals surface area contributed by atoms with Gasteiger partial charge in [0.25, 0.3) is 0 Å². The van der Waals surface area contributed by atoms with E-state index in [4.69, 9.17) is 10.5 Å². The zero-order chi connectivity index (χ0) is 15.9. The number of nitrogens with one attached hydrogen (secondary N) is 1. The van der Waals surface area contributed by atoms with Gasteiger partial charge in [-0.25, -0.2) is 14.8 Å². The first kappa shape index (κ1) is 15.5. The lowest BCUT2D eigenvalue weighted by Crippen LogP contribution is -2.13. The number of aromatic nitrogens is 2. The van der Waals surface area contributed by atoms with E-state index in [-0.39, 0.29) is 12.2 Å². The topological polar surface area (TPSA) is 90.1 Å². The van der Waals surface area contributed by atoms with Crippen LogP contribution in [0.1, 0.15) is 17.3 Å². The molecule has 114 valence electrons. The van der Waals surface area contributed by atoms with E-state index in [1.54, 1.807) is 25.1 Å². The highest BCUT2D eigenvalue weighted by Gasteiger charge is 2.16. The van der Waals surface area contributed by atoms with Crippen molar-refractivity contribution in [2.24, 2.45) is 0 Å². The molecule has 3 N–H and O–H groups in total. The van der Waals surface area contributed by atoms with Crippen LogP contribution in [-0.2, 0) is 4.74 Å². The van der Waals surface area contributed by atoms with E-state index in [2.05, 4.69) is 21.9 Å². The molecule has 0 bridgehead atoms. The quantitative estimate of drug-likeness (QED) is 0.484. The number of benzene rings is 1. The number of esters is 1. The highest BCUT2D eigenvalue weighted by molar-refractivity contribution is 5.94. The third-order valence-electron chi connectivity index (χ3n) is 2.84. The Morgan fingerprint density at radius 3 is 3.00 bits per heavy atom. The van der Waals surface area contributed by atoms with Crippen molar-refractivity contribution in [3.05, 3.63) is 48.7 Å². The van der Waals surface area contributed by atoms with Crippen LogP contribution in [0.2, 0.25) is 0 Å². The van der Waals surface area contributed by atoms with Gasteiger partial charge in [-0.3, -0.25) is 0 Å². The molecule has 0 unspecified atom stereocenters. The Hall–Kier alpha value is -2.89. The summed E-state index contributed by atoms with van der Waals surface area (Å²) in [5.74, 6) is 0.422. The van der Waals surface area contributed by atoms with Crippen molar-refractivity contribution in [2.45, 2.75) is 6.92 Å². The minimum Gasteiger partial charge on any atom is -0.462 e. The van der Waals surface area contributed by atoms with Gasteiger partial charge in [0.1, 0.15) is 11.4 Å². The van der Waals surface area contributed by atoms with E-state index in [0.717, 1.165) is 5.56 Å². The molecule has 0 radical (unpaired) electrons. The van der Waals surface area contributed by atoms with Gasteiger partial charge in [0.2, 0.25) is 0 Å². The van der Waals surface area contributed by atoms with E-state index < -0.39 is 5.97 Å². The maximum atomic E-state index is 11.9. The van der Waals surface area contributed by atoms with Gasteiger partial charge in [0.05, 0.1) is 6.61 Å². The maximum Gasteiger partial charge on any atom is 0.343 e. The Balaban J connectivity index is 2.42. The molecule has 1 aromatic carbocycles. The summed E-state index contributed by atoms with van der Waals surface area (Å²) >= 11 is 0. The maximum absolute atomic E-state index is 11.9. The Labute approximate surface area is 129 Å². The lowest BCUT2D eigenvalue weighted by atomic mass is 10.2. The Kier molecular flexibility index (Phi) is 5.08. The minimum absolute atomic E-state index is 0.288. The van der Waals surface area contributed by atoms with E-state index in [0.29, 0.717) is 23.9 Å². The molecule has 1 aromatic heterocycles. The van der Waals surface area contributed by atoms with Gasteiger partial charge in [0.15, 0.2) is 5.82 Å². The van der Waals surface area contributed by atoms with Crippen molar-refractivity contribution >= 4 is 17.5 Å². The molecule has 6 heteroatoms. The van der Waals surface area contributed by atoms with Gasteiger partial charge >= 0.3 is 5.97 Å². The van der Waals surface area contributed by atoms with Gasteiger partial charge < -0.3 is 15.8 Å². The summed E-state index contributed by atoms with van der Waals surface area (Å²) in [4.78, 5) is 20.6. The summed E-state index contributed by atoms with van der Waals surface area (Å²) in [6, 6.07) is 7.24. The van der Waals surface area contributed by atoms with Crippen molar-refractivity contribution in [1.82, 2.24) is 9.97 Å². The SMILES string of the molecule is C=CCNc1nc(-c2cccc(N)c2)ncc1C(=O)OCC. The summed E-state index contributed by atoms with van der Waals surface area (Å²) in [5, 5.41) is 3.03. The number of carbonyl (C=O) groups excluding carboxylic acids is 1. The fourth-order valence-electron chi connectivity index (χ4n) is 1.86. The normalized spacial score (nSPS) is 10.0. The molecule has 0 saturated carbocycles. The average Bonchev–Trinajstić information content (AvgIpc) is 2.53. The molecular weight excluding hydrogens is 280 g/mol. The Morgan fingerprint density at radius 1 is 1.50 bits per heavy atom. The lowest BCUT2D eigenvalue weighted by molar-refractivity contribution is 0.0526. The summed E-state index contributed by atoms with van der Waals surface area (Å²) in [7, 11) is 0. The molecule has 1 heterocycles. The molecule has 2 aromatic rings. The van der Waals surface area contributed by atoms with Crippen LogP contribution in [0, 0.1) is 0 Å². The van der Waals surface area contributed by atoms with E-state index in [1.165, 1.54) is 6.20 Å². The molecule has 0 aliphatic heterocycles. The van der Waals surface area contributed by atoms with Gasteiger partial charge in [0, 0.05) is 24.0 Å². The molecular formula is C16H18N4O2. The van der Waals surface area contributed by atoms with Crippen molar-refractivity contribution in [1.29, 1.82) is 0 Å². The lowest BCUT2D eigenvalue weighted by Gasteiger charge is -2.10. The number of nitrogens with two attached hydrogens (primary N) is 1. The highest BCUT2D eigenvalue weighted by Crippen LogP contribution is 2.21. The third-order valence-corrected chi connectivity index (χ3v) is 2.84. The fraction of sp³-hybridized carbons (Fsp3) is 0.188. The van der Waals surface area contributed by atoms with Crippen molar-refractivity contribution in [3.8, 4) is 11.4 Å². The Bertz CT molecular complexity index is 686. The third kappa shape index (κ3) is 3.60. The number of nitrogens with zero attached hydrogens (tertiary/aromatic N) is 2. The smallest absolute Gasteiger partial charge is 0.343 e. The number of rotatable bonds is 6. The molecule has 0 aliphatic rings. The monoisotopic (exact) mass is 298 g/mol. The fourth-order valence-corrected chi connectivity index (χ4v) is 1.86. The van der Waals surface area contributed by atoms with Crippen LogP contribution in [-0.4, -0.2) is 29.1 Å². The first-order chi connectivity index (χ1) is 10.7. The second-order valence-corrected chi connectivity index (χ2v) is 4.47. The van der Waals surface area contributed by atoms with E-state index >= 15 is 0 Å². The predicted octanol–water partition coefficient (Wildman–Crippen LogP) is 2.50. The highest BCUT2D eigenvalue weighted by atomic mass is 16.5. The molecule has 0 atom stereocenters. The van der Waals surface area contributed by atoms with Gasteiger partial charge in [-0.1, -0.05) is 18.2 Å². The summed E-state index contributed by atoms with van der Waals surface area (Å²) in [5.41, 5.74) is 7.46.